The van der Waals surface area contributed by atoms with Gasteiger partial charge < -0.3 is 5.73 Å². The molecule has 3 aromatic rings. The first kappa shape index (κ1) is 10.0. The highest BCUT2D eigenvalue weighted by Crippen LogP contribution is 2.21. The van der Waals surface area contributed by atoms with Crippen molar-refractivity contribution in [3.05, 3.63) is 41.9 Å². The highest BCUT2D eigenvalue weighted by atomic mass is 35.5. The van der Waals surface area contributed by atoms with E-state index in [2.05, 4.69) is 15.0 Å². The van der Waals surface area contributed by atoms with Crippen molar-refractivity contribution in [3.8, 4) is 5.69 Å². The van der Waals surface area contributed by atoms with Crippen molar-refractivity contribution in [2.45, 2.75) is 0 Å². The van der Waals surface area contributed by atoms with Crippen LogP contribution in [0.2, 0.25) is 5.28 Å². The zero-order valence-corrected chi connectivity index (χ0v) is 9.46. The van der Waals surface area contributed by atoms with E-state index in [1.165, 1.54) is 0 Å². The fourth-order valence-corrected chi connectivity index (χ4v) is 1.84. The van der Waals surface area contributed by atoms with Crippen LogP contribution < -0.4 is 5.73 Å². The van der Waals surface area contributed by atoms with E-state index in [1.807, 2.05) is 34.9 Å². The summed E-state index contributed by atoms with van der Waals surface area (Å²) in [5.41, 5.74) is 7.84. The molecule has 2 aromatic heterocycles. The molecule has 0 radical (unpaired) electrons. The second kappa shape index (κ2) is 3.71. The van der Waals surface area contributed by atoms with Gasteiger partial charge in [-0.1, -0.05) is 18.2 Å². The minimum Gasteiger partial charge on any atom is -0.382 e. The lowest BCUT2D eigenvalue weighted by atomic mass is 10.3. The van der Waals surface area contributed by atoms with Gasteiger partial charge in [-0.15, -0.1) is 0 Å². The summed E-state index contributed by atoms with van der Waals surface area (Å²) in [6, 6.07) is 9.72. The van der Waals surface area contributed by atoms with Crippen LogP contribution in [-0.2, 0) is 0 Å². The molecular formula is C11H8ClN5. The molecule has 0 spiro atoms. The highest BCUT2D eigenvalue weighted by molar-refractivity contribution is 6.28. The minimum atomic E-state index is 0.118. The van der Waals surface area contributed by atoms with Crippen molar-refractivity contribution in [2.24, 2.45) is 0 Å². The maximum atomic E-state index is 5.80. The third kappa shape index (κ3) is 1.60. The predicted molar refractivity (Wildman–Crippen MR) is 66.1 cm³/mol. The van der Waals surface area contributed by atoms with Crippen LogP contribution in [0.15, 0.2) is 36.7 Å². The van der Waals surface area contributed by atoms with Crippen LogP contribution >= 0.6 is 11.6 Å². The molecular weight excluding hydrogens is 238 g/mol. The van der Waals surface area contributed by atoms with Gasteiger partial charge in [0.1, 0.15) is 6.33 Å². The molecule has 17 heavy (non-hydrogen) atoms. The largest absolute Gasteiger partial charge is 0.382 e. The second-order valence-corrected chi connectivity index (χ2v) is 3.84. The number of halogens is 1. The molecule has 0 fully saturated rings. The molecule has 0 bridgehead atoms. The zero-order valence-electron chi connectivity index (χ0n) is 8.71. The fourth-order valence-electron chi connectivity index (χ4n) is 1.67. The molecule has 5 nitrogen and oxygen atoms in total. The third-order valence-corrected chi connectivity index (χ3v) is 2.60. The number of nitrogens with zero attached hydrogens (tertiary/aromatic N) is 4. The van der Waals surface area contributed by atoms with Crippen molar-refractivity contribution in [1.29, 1.82) is 0 Å². The normalized spacial score (nSPS) is 10.9. The number of nitrogen functional groups attached to an aromatic ring is 1. The van der Waals surface area contributed by atoms with Gasteiger partial charge in [-0.25, -0.2) is 4.98 Å². The van der Waals surface area contributed by atoms with Crippen LogP contribution in [0.25, 0.3) is 16.9 Å². The number of imidazole rings is 1. The second-order valence-electron chi connectivity index (χ2n) is 3.50. The molecule has 1 aromatic carbocycles. The summed E-state index contributed by atoms with van der Waals surface area (Å²) in [4.78, 5) is 12.2. The Labute approximate surface area is 102 Å². The lowest BCUT2D eigenvalue weighted by Gasteiger charge is -2.03. The SMILES string of the molecule is Nc1nc(Cl)nc2c1ncn2-c1ccccc1. The zero-order chi connectivity index (χ0) is 11.8. The van der Waals surface area contributed by atoms with Gasteiger partial charge in [0.2, 0.25) is 5.28 Å². The van der Waals surface area contributed by atoms with Gasteiger partial charge in [-0.3, -0.25) is 4.57 Å². The Morgan fingerprint density at radius 1 is 1.12 bits per heavy atom. The van der Waals surface area contributed by atoms with Gasteiger partial charge >= 0.3 is 0 Å². The van der Waals surface area contributed by atoms with Crippen molar-refractivity contribution >= 4 is 28.6 Å². The molecule has 6 heteroatoms. The summed E-state index contributed by atoms with van der Waals surface area (Å²) in [6.45, 7) is 0. The van der Waals surface area contributed by atoms with E-state index in [0.717, 1.165) is 5.69 Å². The van der Waals surface area contributed by atoms with Crippen molar-refractivity contribution in [2.75, 3.05) is 5.73 Å². The average Bonchev–Trinajstić information content (AvgIpc) is 2.74. The van der Waals surface area contributed by atoms with E-state index in [1.54, 1.807) is 6.33 Å². The Kier molecular flexibility index (Phi) is 2.19. The van der Waals surface area contributed by atoms with E-state index < -0.39 is 0 Å². The molecule has 0 atom stereocenters. The molecule has 0 amide bonds. The van der Waals surface area contributed by atoms with Gasteiger partial charge in [0.25, 0.3) is 0 Å². The predicted octanol–water partition coefficient (Wildman–Crippen LogP) is 2.05. The lowest BCUT2D eigenvalue weighted by Crippen LogP contribution is -1.98. The van der Waals surface area contributed by atoms with E-state index in [9.17, 15) is 0 Å². The topological polar surface area (TPSA) is 69.6 Å². The molecule has 0 aliphatic carbocycles. The summed E-state index contributed by atoms with van der Waals surface area (Å²) in [5, 5.41) is 0.118. The fraction of sp³-hybridized carbons (Fsp3) is 0. The van der Waals surface area contributed by atoms with Crippen LogP contribution in [0.3, 0.4) is 0 Å². The van der Waals surface area contributed by atoms with E-state index in [4.69, 9.17) is 17.3 Å². The van der Waals surface area contributed by atoms with Crippen molar-refractivity contribution < 1.29 is 0 Å². The van der Waals surface area contributed by atoms with Gasteiger partial charge in [-0.2, -0.15) is 9.97 Å². The number of nitrogens with two attached hydrogens (primary N) is 1. The van der Waals surface area contributed by atoms with E-state index in [-0.39, 0.29) is 11.1 Å². The molecule has 0 unspecified atom stereocenters. The molecule has 0 aliphatic rings. The average molecular weight is 246 g/mol. The maximum absolute atomic E-state index is 5.80. The highest BCUT2D eigenvalue weighted by Gasteiger charge is 2.10. The minimum absolute atomic E-state index is 0.118. The number of hydrogen-bond donors (Lipinski definition) is 1. The quantitative estimate of drug-likeness (QED) is 0.666. The van der Waals surface area contributed by atoms with Gasteiger partial charge in [-0.05, 0) is 23.7 Å². The molecule has 2 heterocycles. The number of fused-ring (bicyclic) bond motifs is 1. The molecule has 0 saturated heterocycles. The smallest absolute Gasteiger partial charge is 0.226 e. The molecule has 0 aliphatic heterocycles. The first-order valence-corrected chi connectivity index (χ1v) is 5.35. The molecule has 2 N–H and O–H groups in total. The van der Waals surface area contributed by atoms with Gasteiger partial charge in [0.15, 0.2) is 17.0 Å². The Morgan fingerprint density at radius 3 is 2.65 bits per heavy atom. The van der Waals surface area contributed by atoms with E-state index in [0.29, 0.717) is 11.2 Å². The van der Waals surface area contributed by atoms with Crippen LogP contribution in [0.5, 0.6) is 0 Å². The summed E-state index contributed by atoms with van der Waals surface area (Å²) in [7, 11) is 0. The first-order chi connectivity index (χ1) is 8.25. The number of para-hydroxylation sites is 1. The monoisotopic (exact) mass is 245 g/mol. The number of anilines is 1. The van der Waals surface area contributed by atoms with Crippen LogP contribution in [0, 0.1) is 0 Å². The first-order valence-electron chi connectivity index (χ1n) is 4.97. The Bertz CT molecular complexity index is 677. The van der Waals surface area contributed by atoms with Crippen LogP contribution in [-0.4, -0.2) is 19.5 Å². The summed E-state index contributed by atoms with van der Waals surface area (Å²) in [6.07, 6.45) is 1.65. The maximum Gasteiger partial charge on any atom is 0.226 e. The van der Waals surface area contributed by atoms with Gasteiger partial charge in [0, 0.05) is 5.69 Å². The molecule has 3 rings (SSSR count). The van der Waals surface area contributed by atoms with Gasteiger partial charge in [0.05, 0.1) is 0 Å². The summed E-state index contributed by atoms with van der Waals surface area (Å²) in [5.74, 6) is 0.287. The lowest BCUT2D eigenvalue weighted by molar-refractivity contribution is 1.06. The molecule has 0 saturated carbocycles. The summed E-state index contributed by atoms with van der Waals surface area (Å²) < 4.78 is 1.82. The van der Waals surface area contributed by atoms with Crippen LogP contribution in [0.1, 0.15) is 0 Å². The number of rotatable bonds is 1. The third-order valence-electron chi connectivity index (χ3n) is 2.43. The number of aromatic nitrogens is 4. The van der Waals surface area contributed by atoms with Crippen molar-refractivity contribution in [1.82, 2.24) is 19.5 Å². The van der Waals surface area contributed by atoms with E-state index >= 15 is 0 Å². The summed E-state index contributed by atoms with van der Waals surface area (Å²) >= 11 is 5.80. The Balaban J connectivity index is 2.32. The van der Waals surface area contributed by atoms with Crippen molar-refractivity contribution in [3.63, 3.8) is 0 Å². The van der Waals surface area contributed by atoms with Crippen LogP contribution in [0.4, 0.5) is 5.82 Å². The Morgan fingerprint density at radius 2 is 1.88 bits per heavy atom. The Hall–Kier alpha value is -2.14. The molecule has 84 valence electrons. The standard InChI is InChI=1S/C11H8ClN5/c12-11-15-9(13)8-10(16-11)17(6-14-8)7-4-2-1-3-5-7/h1-6H,(H2,13,15,16). The number of benzene rings is 1. The number of hydrogen-bond acceptors (Lipinski definition) is 4.